The molecule has 1 aromatic rings. The van der Waals surface area contributed by atoms with Crippen molar-refractivity contribution in [3.63, 3.8) is 0 Å². The van der Waals surface area contributed by atoms with Gasteiger partial charge in [-0.1, -0.05) is 0 Å². The molecule has 0 radical (unpaired) electrons. The summed E-state index contributed by atoms with van der Waals surface area (Å²) in [5, 5.41) is 3.40. The molecule has 1 amide bonds. The number of hydrogen-bond donors (Lipinski definition) is 1. The summed E-state index contributed by atoms with van der Waals surface area (Å²) in [6.07, 6.45) is 1.48. The minimum Gasteiger partial charge on any atom is -0.481 e. The maximum absolute atomic E-state index is 11.8. The van der Waals surface area contributed by atoms with E-state index in [4.69, 9.17) is 9.47 Å². The number of pyridine rings is 1. The number of carbonyl (C=O) groups is 1. The Bertz CT molecular complexity index is 493. The van der Waals surface area contributed by atoms with Crippen LogP contribution in [-0.4, -0.2) is 47.8 Å². The van der Waals surface area contributed by atoms with Crippen LogP contribution in [-0.2, 0) is 11.3 Å². The summed E-state index contributed by atoms with van der Waals surface area (Å²) in [4.78, 5) is 17.6. The van der Waals surface area contributed by atoms with Crippen molar-refractivity contribution in [2.24, 2.45) is 0 Å². The SMILES string of the molecule is COc1cc(CNC2CN(C(=O)OC(C)(C)C)C2)ccn1. The molecule has 0 aliphatic carbocycles. The molecule has 6 heteroatoms. The first-order valence-corrected chi connectivity index (χ1v) is 7.07. The third-order valence-electron chi connectivity index (χ3n) is 3.14. The summed E-state index contributed by atoms with van der Waals surface area (Å²) in [6.45, 7) is 7.70. The molecule has 0 spiro atoms. The molecule has 1 fully saturated rings. The van der Waals surface area contributed by atoms with Gasteiger partial charge in [-0.15, -0.1) is 0 Å². The lowest BCUT2D eigenvalue weighted by atomic mass is 10.1. The van der Waals surface area contributed by atoms with E-state index in [0.717, 1.165) is 12.1 Å². The molecule has 1 aliphatic rings. The highest BCUT2D eigenvalue weighted by atomic mass is 16.6. The van der Waals surface area contributed by atoms with Crippen LogP contribution in [0, 0.1) is 0 Å². The Kier molecular flexibility index (Phi) is 4.67. The van der Waals surface area contributed by atoms with Crippen LogP contribution in [0.25, 0.3) is 0 Å². The van der Waals surface area contributed by atoms with E-state index in [1.807, 2.05) is 32.9 Å². The average molecular weight is 293 g/mol. The fourth-order valence-electron chi connectivity index (χ4n) is 2.02. The minimum atomic E-state index is -0.441. The number of nitrogens with zero attached hydrogens (tertiary/aromatic N) is 2. The van der Waals surface area contributed by atoms with Gasteiger partial charge in [0.15, 0.2) is 0 Å². The maximum Gasteiger partial charge on any atom is 0.410 e. The molecule has 0 saturated carbocycles. The Morgan fingerprint density at radius 3 is 2.81 bits per heavy atom. The maximum atomic E-state index is 11.8. The molecule has 116 valence electrons. The Morgan fingerprint density at radius 2 is 2.19 bits per heavy atom. The zero-order valence-electron chi connectivity index (χ0n) is 13.0. The number of ether oxygens (including phenoxy) is 2. The van der Waals surface area contributed by atoms with E-state index < -0.39 is 5.60 Å². The molecule has 2 heterocycles. The van der Waals surface area contributed by atoms with E-state index in [1.54, 1.807) is 18.2 Å². The first-order chi connectivity index (χ1) is 9.87. The van der Waals surface area contributed by atoms with Crippen LogP contribution in [0.3, 0.4) is 0 Å². The van der Waals surface area contributed by atoms with Gasteiger partial charge in [-0.25, -0.2) is 9.78 Å². The van der Waals surface area contributed by atoms with Gasteiger partial charge in [0.1, 0.15) is 5.60 Å². The van der Waals surface area contributed by atoms with E-state index in [2.05, 4.69) is 10.3 Å². The van der Waals surface area contributed by atoms with Gasteiger partial charge < -0.3 is 19.7 Å². The van der Waals surface area contributed by atoms with Crippen molar-refractivity contribution in [2.75, 3.05) is 20.2 Å². The molecule has 1 aliphatic heterocycles. The monoisotopic (exact) mass is 293 g/mol. The highest BCUT2D eigenvalue weighted by Gasteiger charge is 2.33. The smallest absolute Gasteiger partial charge is 0.410 e. The molecule has 0 unspecified atom stereocenters. The number of methoxy groups -OCH3 is 1. The summed E-state index contributed by atoms with van der Waals surface area (Å²) in [5.74, 6) is 0.610. The van der Waals surface area contributed by atoms with E-state index in [-0.39, 0.29) is 6.09 Å². The number of aromatic nitrogens is 1. The van der Waals surface area contributed by atoms with Crippen LogP contribution in [0.5, 0.6) is 5.88 Å². The van der Waals surface area contributed by atoms with E-state index in [9.17, 15) is 4.79 Å². The highest BCUT2D eigenvalue weighted by molar-refractivity contribution is 5.69. The van der Waals surface area contributed by atoms with Crippen molar-refractivity contribution >= 4 is 6.09 Å². The summed E-state index contributed by atoms with van der Waals surface area (Å²) in [5.41, 5.74) is 0.668. The normalized spacial score (nSPS) is 15.5. The second-order valence-corrected chi connectivity index (χ2v) is 6.17. The van der Waals surface area contributed by atoms with Crippen molar-refractivity contribution in [2.45, 2.75) is 39.0 Å². The van der Waals surface area contributed by atoms with E-state index >= 15 is 0 Å². The Balaban J connectivity index is 1.72. The summed E-state index contributed by atoms with van der Waals surface area (Å²) in [7, 11) is 1.60. The molecular formula is C15H23N3O3. The van der Waals surface area contributed by atoms with Gasteiger partial charge in [0.2, 0.25) is 5.88 Å². The Morgan fingerprint density at radius 1 is 1.48 bits per heavy atom. The van der Waals surface area contributed by atoms with Gasteiger partial charge in [0.05, 0.1) is 7.11 Å². The minimum absolute atomic E-state index is 0.244. The van der Waals surface area contributed by atoms with Crippen LogP contribution in [0.15, 0.2) is 18.3 Å². The lowest BCUT2D eigenvalue weighted by Crippen LogP contribution is -2.60. The first-order valence-electron chi connectivity index (χ1n) is 7.07. The Labute approximate surface area is 125 Å². The number of hydrogen-bond acceptors (Lipinski definition) is 5. The molecule has 1 saturated heterocycles. The third kappa shape index (κ3) is 4.60. The first kappa shape index (κ1) is 15.6. The predicted octanol–water partition coefficient (Wildman–Crippen LogP) is 1.80. The standard InChI is InChI=1S/C15H23N3O3/c1-15(2,3)21-14(19)18-9-12(10-18)17-8-11-5-6-16-13(7-11)20-4/h5-7,12,17H,8-10H2,1-4H3. The number of amides is 1. The van der Waals surface area contributed by atoms with Crippen LogP contribution < -0.4 is 10.1 Å². The van der Waals surface area contributed by atoms with Crippen LogP contribution in [0.2, 0.25) is 0 Å². The molecule has 0 aromatic carbocycles. The zero-order chi connectivity index (χ0) is 15.5. The highest BCUT2D eigenvalue weighted by Crippen LogP contribution is 2.16. The summed E-state index contributed by atoms with van der Waals surface area (Å²) >= 11 is 0. The van der Waals surface area contributed by atoms with Crippen molar-refractivity contribution in [3.05, 3.63) is 23.9 Å². The predicted molar refractivity (Wildman–Crippen MR) is 79.2 cm³/mol. The quantitative estimate of drug-likeness (QED) is 0.917. The van der Waals surface area contributed by atoms with Crippen molar-refractivity contribution < 1.29 is 14.3 Å². The van der Waals surface area contributed by atoms with Crippen molar-refractivity contribution in [1.82, 2.24) is 15.2 Å². The Hall–Kier alpha value is -1.82. The fraction of sp³-hybridized carbons (Fsp3) is 0.600. The van der Waals surface area contributed by atoms with Crippen molar-refractivity contribution in [3.8, 4) is 5.88 Å². The average Bonchev–Trinajstić information content (AvgIpc) is 2.35. The molecule has 0 bridgehead atoms. The van der Waals surface area contributed by atoms with Gasteiger partial charge in [0.25, 0.3) is 0 Å². The molecule has 1 N–H and O–H groups in total. The number of rotatable bonds is 4. The van der Waals surface area contributed by atoms with Gasteiger partial charge in [-0.05, 0) is 32.4 Å². The molecule has 1 aromatic heterocycles. The van der Waals surface area contributed by atoms with E-state index in [0.29, 0.717) is 25.0 Å². The second-order valence-electron chi connectivity index (χ2n) is 6.17. The molecule has 2 rings (SSSR count). The summed E-state index contributed by atoms with van der Waals surface area (Å²) in [6, 6.07) is 4.15. The van der Waals surface area contributed by atoms with Crippen LogP contribution in [0.4, 0.5) is 4.79 Å². The van der Waals surface area contributed by atoms with Gasteiger partial charge in [-0.2, -0.15) is 0 Å². The number of nitrogens with one attached hydrogen (secondary N) is 1. The molecule has 6 nitrogen and oxygen atoms in total. The lowest BCUT2D eigenvalue weighted by molar-refractivity contribution is 0.00519. The second kappa shape index (κ2) is 6.30. The molecular weight excluding hydrogens is 270 g/mol. The third-order valence-corrected chi connectivity index (χ3v) is 3.14. The van der Waals surface area contributed by atoms with Gasteiger partial charge in [0, 0.05) is 37.9 Å². The summed E-state index contributed by atoms with van der Waals surface area (Å²) < 4.78 is 10.4. The van der Waals surface area contributed by atoms with Gasteiger partial charge >= 0.3 is 6.09 Å². The van der Waals surface area contributed by atoms with E-state index in [1.165, 1.54) is 0 Å². The fourth-order valence-corrected chi connectivity index (χ4v) is 2.02. The van der Waals surface area contributed by atoms with Crippen LogP contribution in [0.1, 0.15) is 26.3 Å². The zero-order valence-corrected chi connectivity index (χ0v) is 13.0. The molecule has 21 heavy (non-hydrogen) atoms. The van der Waals surface area contributed by atoms with Gasteiger partial charge in [-0.3, -0.25) is 0 Å². The number of likely N-dealkylation sites (tertiary alicyclic amines) is 1. The topological polar surface area (TPSA) is 63.7 Å². The largest absolute Gasteiger partial charge is 0.481 e. The molecule has 0 atom stereocenters. The lowest BCUT2D eigenvalue weighted by Gasteiger charge is -2.40. The van der Waals surface area contributed by atoms with Crippen LogP contribution >= 0.6 is 0 Å². The number of carbonyl (C=O) groups excluding carboxylic acids is 1. The van der Waals surface area contributed by atoms with Crippen molar-refractivity contribution in [1.29, 1.82) is 0 Å².